The fraction of sp³-hybridized carbons (Fsp3) is 0.0714. The van der Waals surface area contributed by atoms with Crippen LogP contribution in [0.2, 0.25) is 0 Å². The lowest BCUT2D eigenvalue weighted by atomic mass is 10.1. The third kappa shape index (κ3) is 1.89. The number of fused-ring (bicyclic) bond motifs is 1. The highest BCUT2D eigenvalue weighted by Gasteiger charge is 2.04. The third-order valence-electron chi connectivity index (χ3n) is 2.76. The van der Waals surface area contributed by atoms with Gasteiger partial charge in [-0.05, 0) is 16.8 Å². The zero-order valence-corrected chi connectivity index (χ0v) is 10.3. The van der Waals surface area contributed by atoms with Crippen molar-refractivity contribution in [2.75, 3.05) is 12.4 Å². The summed E-state index contributed by atoms with van der Waals surface area (Å²) >= 11 is 1.66. The van der Waals surface area contributed by atoms with Gasteiger partial charge in [0, 0.05) is 18.0 Å². The quantitative estimate of drug-likeness (QED) is 0.732. The van der Waals surface area contributed by atoms with Gasteiger partial charge in [0.1, 0.15) is 10.8 Å². The maximum absolute atomic E-state index is 4.51. The van der Waals surface area contributed by atoms with E-state index in [4.69, 9.17) is 0 Å². The van der Waals surface area contributed by atoms with Crippen LogP contribution in [-0.2, 0) is 0 Å². The number of hydrogen-bond acceptors (Lipinski definition) is 3. The Morgan fingerprint density at radius 1 is 1.06 bits per heavy atom. The molecule has 0 saturated carbocycles. The van der Waals surface area contributed by atoms with Gasteiger partial charge in [-0.2, -0.15) is 0 Å². The van der Waals surface area contributed by atoms with Crippen molar-refractivity contribution < 1.29 is 0 Å². The molecular formula is C14H12N2S. The Kier molecular flexibility index (Phi) is 2.53. The minimum Gasteiger partial charge on any atom is -0.372 e. The Morgan fingerprint density at radius 2 is 1.88 bits per heavy atom. The molecule has 0 atom stereocenters. The molecule has 3 heteroatoms. The molecular weight excluding hydrogens is 228 g/mol. The number of benzene rings is 2. The summed E-state index contributed by atoms with van der Waals surface area (Å²) in [4.78, 5) is 4.51. The lowest BCUT2D eigenvalue weighted by Gasteiger charge is -2.00. The van der Waals surface area contributed by atoms with Crippen molar-refractivity contribution in [2.24, 2.45) is 0 Å². The minimum absolute atomic E-state index is 0.929. The van der Waals surface area contributed by atoms with Gasteiger partial charge in [0.15, 0.2) is 0 Å². The molecule has 0 spiro atoms. The maximum atomic E-state index is 4.51. The highest BCUT2D eigenvalue weighted by atomic mass is 32.1. The molecule has 3 aromatic rings. The monoisotopic (exact) mass is 240 g/mol. The summed E-state index contributed by atoms with van der Waals surface area (Å²) in [6, 6.07) is 14.8. The van der Waals surface area contributed by atoms with Gasteiger partial charge in [-0.3, -0.25) is 0 Å². The Labute approximate surface area is 104 Å². The van der Waals surface area contributed by atoms with Gasteiger partial charge < -0.3 is 5.32 Å². The number of rotatable bonds is 2. The van der Waals surface area contributed by atoms with Crippen molar-refractivity contribution in [1.29, 1.82) is 0 Å². The van der Waals surface area contributed by atoms with Crippen LogP contribution in [0.1, 0.15) is 0 Å². The second-order valence-corrected chi connectivity index (χ2v) is 4.71. The van der Waals surface area contributed by atoms with E-state index in [0.29, 0.717) is 0 Å². The first-order valence-electron chi connectivity index (χ1n) is 5.49. The van der Waals surface area contributed by atoms with Crippen LogP contribution in [0.5, 0.6) is 0 Å². The molecule has 1 aromatic heterocycles. The highest BCUT2D eigenvalue weighted by molar-refractivity contribution is 7.13. The molecule has 0 saturated heterocycles. The molecule has 3 rings (SSSR count). The Morgan fingerprint density at radius 3 is 2.65 bits per heavy atom. The SMILES string of the molecule is CNc1csc(-c2ccc3ccccc3c2)n1. The molecule has 1 N–H and O–H groups in total. The van der Waals surface area contributed by atoms with E-state index < -0.39 is 0 Å². The summed E-state index contributed by atoms with van der Waals surface area (Å²) < 4.78 is 0. The largest absolute Gasteiger partial charge is 0.372 e. The summed E-state index contributed by atoms with van der Waals surface area (Å²) in [7, 11) is 1.89. The van der Waals surface area contributed by atoms with E-state index in [9.17, 15) is 0 Å². The number of anilines is 1. The fourth-order valence-corrected chi connectivity index (χ4v) is 2.65. The lowest BCUT2D eigenvalue weighted by Crippen LogP contribution is -1.86. The van der Waals surface area contributed by atoms with Crippen molar-refractivity contribution in [3.63, 3.8) is 0 Å². The summed E-state index contributed by atoms with van der Waals surface area (Å²) in [6.45, 7) is 0. The fourth-order valence-electron chi connectivity index (χ4n) is 1.84. The van der Waals surface area contributed by atoms with Crippen LogP contribution >= 0.6 is 11.3 Å². The van der Waals surface area contributed by atoms with Gasteiger partial charge in [0.2, 0.25) is 0 Å². The number of nitrogens with one attached hydrogen (secondary N) is 1. The maximum Gasteiger partial charge on any atom is 0.137 e. The molecule has 0 aliphatic heterocycles. The molecule has 0 radical (unpaired) electrons. The van der Waals surface area contributed by atoms with E-state index >= 15 is 0 Å². The third-order valence-corrected chi connectivity index (χ3v) is 3.65. The van der Waals surface area contributed by atoms with Gasteiger partial charge in [-0.1, -0.05) is 36.4 Å². The summed E-state index contributed by atoms with van der Waals surface area (Å²) in [5.74, 6) is 0.929. The number of aromatic nitrogens is 1. The van der Waals surface area contributed by atoms with Gasteiger partial charge in [0.25, 0.3) is 0 Å². The molecule has 2 nitrogen and oxygen atoms in total. The van der Waals surface area contributed by atoms with Crippen LogP contribution in [0.25, 0.3) is 21.3 Å². The molecule has 0 unspecified atom stereocenters. The summed E-state index contributed by atoms with van der Waals surface area (Å²) in [6.07, 6.45) is 0. The average molecular weight is 240 g/mol. The second-order valence-electron chi connectivity index (χ2n) is 3.85. The molecule has 0 fully saturated rings. The zero-order valence-electron chi connectivity index (χ0n) is 9.47. The second kappa shape index (κ2) is 4.18. The Bertz CT molecular complexity index is 658. The molecule has 1 heterocycles. The van der Waals surface area contributed by atoms with Gasteiger partial charge in [0.05, 0.1) is 0 Å². The van der Waals surface area contributed by atoms with Crippen molar-refractivity contribution >= 4 is 27.9 Å². The summed E-state index contributed by atoms with van der Waals surface area (Å²) in [5.41, 5.74) is 1.18. The first-order valence-corrected chi connectivity index (χ1v) is 6.37. The van der Waals surface area contributed by atoms with Gasteiger partial charge in [-0.15, -0.1) is 11.3 Å². The van der Waals surface area contributed by atoms with Crippen LogP contribution in [0.15, 0.2) is 47.8 Å². The molecule has 0 bridgehead atoms. The van der Waals surface area contributed by atoms with Crippen LogP contribution in [-0.4, -0.2) is 12.0 Å². The number of hydrogen-bond donors (Lipinski definition) is 1. The Balaban J connectivity index is 2.11. The minimum atomic E-state index is 0.929. The first kappa shape index (κ1) is 10.3. The molecule has 2 aromatic carbocycles. The standard InChI is InChI=1S/C14H12N2S/c1-15-13-9-17-14(16-13)12-7-6-10-4-2-3-5-11(10)8-12/h2-9,15H,1H3. The van der Waals surface area contributed by atoms with Crippen LogP contribution in [0.3, 0.4) is 0 Å². The highest BCUT2D eigenvalue weighted by Crippen LogP contribution is 2.28. The molecule has 0 aliphatic carbocycles. The number of thiazole rings is 1. The van der Waals surface area contributed by atoms with E-state index in [2.05, 4.69) is 52.8 Å². The topological polar surface area (TPSA) is 24.9 Å². The van der Waals surface area contributed by atoms with Crippen LogP contribution in [0, 0.1) is 0 Å². The summed E-state index contributed by atoms with van der Waals surface area (Å²) in [5, 5.41) is 8.66. The normalized spacial score (nSPS) is 10.6. The molecule has 84 valence electrons. The smallest absolute Gasteiger partial charge is 0.137 e. The Hall–Kier alpha value is -1.87. The zero-order chi connectivity index (χ0) is 11.7. The van der Waals surface area contributed by atoms with Crippen molar-refractivity contribution in [1.82, 2.24) is 4.98 Å². The van der Waals surface area contributed by atoms with E-state index in [0.717, 1.165) is 10.8 Å². The van der Waals surface area contributed by atoms with Crippen LogP contribution in [0.4, 0.5) is 5.82 Å². The average Bonchev–Trinajstić information content (AvgIpc) is 2.87. The molecule has 0 aliphatic rings. The van der Waals surface area contributed by atoms with E-state index in [1.165, 1.54) is 16.3 Å². The number of nitrogens with zero attached hydrogens (tertiary/aromatic N) is 1. The first-order chi connectivity index (χ1) is 8.36. The van der Waals surface area contributed by atoms with Crippen molar-refractivity contribution in [3.8, 4) is 10.6 Å². The van der Waals surface area contributed by atoms with E-state index in [-0.39, 0.29) is 0 Å². The predicted octanol–water partition coefficient (Wildman–Crippen LogP) is 4.01. The van der Waals surface area contributed by atoms with Crippen molar-refractivity contribution in [3.05, 3.63) is 47.8 Å². The van der Waals surface area contributed by atoms with Gasteiger partial charge >= 0.3 is 0 Å². The molecule has 17 heavy (non-hydrogen) atoms. The lowest BCUT2D eigenvalue weighted by molar-refractivity contribution is 1.35. The molecule has 0 amide bonds. The van der Waals surface area contributed by atoms with Crippen molar-refractivity contribution in [2.45, 2.75) is 0 Å². The van der Waals surface area contributed by atoms with Crippen LogP contribution < -0.4 is 5.32 Å². The van der Waals surface area contributed by atoms with E-state index in [1.54, 1.807) is 11.3 Å². The van der Waals surface area contributed by atoms with E-state index in [1.807, 2.05) is 12.4 Å². The van der Waals surface area contributed by atoms with Gasteiger partial charge in [-0.25, -0.2) is 4.98 Å². The predicted molar refractivity (Wildman–Crippen MR) is 74.6 cm³/mol.